The highest BCUT2D eigenvalue weighted by Crippen LogP contribution is 2.53. The monoisotopic (exact) mass is 486 g/mol. The summed E-state index contributed by atoms with van der Waals surface area (Å²) in [6, 6.07) is 41.8. The zero-order valence-electron chi connectivity index (χ0n) is 21.4. The van der Waals surface area contributed by atoms with E-state index >= 15 is 0 Å². The molecule has 0 radical (unpaired) electrons. The third-order valence-electron chi connectivity index (χ3n) is 8.40. The summed E-state index contributed by atoms with van der Waals surface area (Å²) < 4.78 is 2.47. The first-order valence-corrected chi connectivity index (χ1v) is 13.2. The number of benzene rings is 5. The van der Waals surface area contributed by atoms with Gasteiger partial charge >= 0.3 is 0 Å². The molecule has 2 nitrogen and oxygen atoms in total. The smallest absolute Gasteiger partial charge is 0.0702 e. The van der Waals surface area contributed by atoms with E-state index in [1.807, 2.05) is 12.3 Å². The minimum atomic E-state index is -0.100. The Morgan fingerprint density at radius 2 is 1.45 bits per heavy atom. The Bertz CT molecular complexity index is 2030. The van der Waals surface area contributed by atoms with Crippen molar-refractivity contribution in [3.05, 3.63) is 133 Å². The summed E-state index contributed by atoms with van der Waals surface area (Å²) in [6.45, 7) is 4.76. The molecule has 0 unspecified atom stereocenters. The molecular formula is C36H26N2. The lowest BCUT2D eigenvalue weighted by Crippen LogP contribution is -2.15. The molecule has 38 heavy (non-hydrogen) atoms. The van der Waals surface area contributed by atoms with E-state index in [1.165, 1.54) is 60.5 Å². The zero-order chi connectivity index (χ0) is 25.4. The Kier molecular flexibility index (Phi) is 4.31. The van der Waals surface area contributed by atoms with E-state index in [2.05, 4.69) is 133 Å². The van der Waals surface area contributed by atoms with Gasteiger partial charge in [-0.2, -0.15) is 0 Å². The number of fused-ring (bicyclic) bond motifs is 9. The molecule has 7 aromatic rings. The molecule has 0 saturated carbocycles. The molecule has 2 heteroatoms. The fourth-order valence-electron chi connectivity index (χ4n) is 6.73. The van der Waals surface area contributed by atoms with Gasteiger partial charge in [-0.3, -0.25) is 4.98 Å². The highest BCUT2D eigenvalue weighted by molar-refractivity contribution is 6.21. The summed E-state index contributed by atoms with van der Waals surface area (Å²) in [5.41, 5.74) is 11.2. The molecule has 0 aliphatic heterocycles. The van der Waals surface area contributed by atoms with Gasteiger partial charge < -0.3 is 4.57 Å². The summed E-state index contributed by atoms with van der Waals surface area (Å²) in [4.78, 5) is 4.63. The lowest BCUT2D eigenvalue weighted by molar-refractivity contribution is 0.666. The Hall–Kier alpha value is -4.69. The van der Waals surface area contributed by atoms with Crippen molar-refractivity contribution in [1.82, 2.24) is 9.55 Å². The molecule has 2 aromatic heterocycles. The molecule has 0 bridgehead atoms. The van der Waals surface area contributed by atoms with Crippen molar-refractivity contribution in [2.45, 2.75) is 19.3 Å². The van der Waals surface area contributed by atoms with Crippen molar-refractivity contribution in [2.75, 3.05) is 0 Å². The molecule has 1 aliphatic rings. The highest BCUT2D eigenvalue weighted by Gasteiger charge is 2.37. The van der Waals surface area contributed by atoms with Crippen LogP contribution in [0.25, 0.3) is 60.6 Å². The van der Waals surface area contributed by atoms with E-state index in [-0.39, 0.29) is 5.41 Å². The number of hydrogen-bond donors (Lipinski definition) is 0. The Morgan fingerprint density at radius 3 is 2.29 bits per heavy atom. The van der Waals surface area contributed by atoms with Crippen molar-refractivity contribution < 1.29 is 0 Å². The summed E-state index contributed by atoms with van der Waals surface area (Å²) in [7, 11) is 0. The molecule has 2 heterocycles. The quantitative estimate of drug-likeness (QED) is 0.238. The van der Waals surface area contributed by atoms with Crippen LogP contribution in [-0.4, -0.2) is 9.55 Å². The van der Waals surface area contributed by atoms with E-state index in [0.29, 0.717) is 0 Å². The Balaban J connectivity index is 1.57. The minimum Gasteiger partial charge on any atom is -0.309 e. The van der Waals surface area contributed by atoms with Crippen LogP contribution in [0.3, 0.4) is 0 Å². The van der Waals surface area contributed by atoms with Gasteiger partial charge in [0.2, 0.25) is 0 Å². The predicted octanol–water partition coefficient (Wildman–Crippen LogP) is 9.31. The molecule has 8 rings (SSSR count). The molecule has 180 valence electrons. The second-order valence-electron chi connectivity index (χ2n) is 10.8. The minimum absolute atomic E-state index is 0.100. The molecule has 0 saturated heterocycles. The SMILES string of the molecule is CC1(C)c2ccccc2-c2ccc3ccc4c5cc(-c6ccccn6)ccc5n(-c5ccccc5)c4c3c21. The molecule has 0 amide bonds. The molecular weight excluding hydrogens is 460 g/mol. The number of nitrogens with zero attached hydrogens (tertiary/aromatic N) is 2. The van der Waals surface area contributed by atoms with Gasteiger partial charge in [0.25, 0.3) is 0 Å². The van der Waals surface area contributed by atoms with Crippen LogP contribution in [0.4, 0.5) is 0 Å². The van der Waals surface area contributed by atoms with Crippen LogP contribution >= 0.6 is 0 Å². The number of pyridine rings is 1. The van der Waals surface area contributed by atoms with Crippen molar-refractivity contribution in [3.63, 3.8) is 0 Å². The predicted molar refractivity (Wildman–Crippen MR) is 159 cm³/mol. The lowest BCUT2D eigenvalue weighted by Gasteiger charge is -2.24. The first-order valence-electron chi connectivity index (χ1n) is 13.2. The second kappa shape index (κ2) is 7.66. The van der Waals surface area contributed by atoms with Gasteiger partial charge in [0.1, 0.15) is 0 Å². The van der Waals surface area contributed by atoms with E-state index in [0.717, 1.165) is 11.3 Å². The Labute approximate surface area is 221 Å². The van der Waals surface area contributed by atoms with Gasteiger partial charge in [-0.25, -0.2) is 0 Å². The van der Waals surface area contributed by atoms with Crippen molar-refractivity contribution in [1.29, 1.82) is 0 Å². The third kappa shape index (κ3) is 2.80. The number of rotatable bonds is 2. The summed E-state index contributed by atoms with van der Waals surface area (Å²) >= 11 is 0. The molecule has 0 spiro atoms. The second-order valence-corrected chi connectivity index (χ2v) is 10.8. The van der Waals surface area contributed by atoms with Crippen LogP contribution in [0.15, 0.2) is 121 Å². The fourth-order valence-corrected chi connectivity index (χ4v) is 6.73. The maximum atomic E-state index is 4.63. The van der Waals surface area contributed by atoms with Crippen LogP contribution in [0.1, 0.15) is 25.0 Å². The topological polar surface area (TPSA) is 17.8 Å². The standard InChI is InChI=1S/C36H26N2/c1-36(2)30-13-7-6-12-26(30)27-18-15-23-16-19-28-29-22-24(31-14-8-9-21-37-31)17-20-32(29)38(25-10-4-3-5-11-25)35(28)33(23)34(27)36/h3-22H,1-2H3. The average molecular weight is 487 g/mol. The van der Waals surface area contributed by atoms with Crippen molar-refractivity contribution >= 4 is 32.6 Å². The number of hydrogen-bond acceptors (Lipinski definition) is 1. The fraction of sp³-hybridized carbons (Fsp3) is 0.0833. The van der Waals surface area contributed by atoms with Gasteiger partial charge in [-0.05, 0) is 64.0 Å². The average Bonchev–Trinajstić information content (AvgIpc) is 3.43. The van der Waals surface area contributed by atoms with E-state index in [1.54, 1.807) is 0 Å². The maximum Gasteiger partial charge on any atom is 0.0702 e. The van der Waals surface area contributed by atoms with Crippen molar-refractivity contribution in [2.24, 2.45) is 0 Å². The molecule has 1 aliphatic carbocycles. The van der Waals surface area contributed by atoms with Crippen molar-refractivity contribution in [3.8, 4) is 28.1 Å². The first-order chi connectivity index (χ1) is 18.6. The summed E-state index contributed by atoms with van der Waals surface area (Å²) in [6.07, 6.45) is 1.86. The van der Waals surface area contributed by atoms with Gasteiger partial charge in [0.15, 0.2) is 0 Å². The van der Waals surface area contributed by atoms with Gasteiger partial charge in [-0.1, -0.05) is 92.7 Å². The number of aromatic nitrogens is 2. The van der Waals surface area contributed by atoms with Gasteiger partial charge in [0, 0.05) is 39.0 Å². The van der Waals surface area contributed by atoms with Crippen LogP contribution in [0.5, 0.6) is 0 Å². The van der Waals surface area contributed by atoms with Crippen LogP contribution < -0.4 is 0 Å². The maximum absolute atomic E-state index is 4.63. The van der Waals surface area contributed by atoms with Crippen LogP contribution in [-0.2, 0) is 5.41 Å². The molecule has 5 aromatic carbocycles. The van der Waals surface area contributed by atoms with E-state index in [4.69, 9.17) is 0 Å². The summed E-state index contributed by atoms with van der Waals surface area (Å²) in [5, 5.41) is 5.15. The summed E-state index contributed by atoms with van der Waals surface area (Å²) in [5.74, 6) is 0. The van der Waals surface area contributed by atoms with E-state index < -0.39 is 0 Å². The van der Waals surface area contributed by atoms with Gasteiger partial charge in [0.05, 0.1) is 16.7 Å². The third-order valence-corrected chi connectivity index (χ3v) is 8.40. The van der Waals surface area contributed by atoms with E-state index in [9.17, 15) is 0 Å². The molecule has 0 fully saturated rings. The first kappa shape index (κ1) is 21.4. The zero-order valence-corrected chi connectivity index (χ0v) is 21.4. The Morgan fingerprint density at radius 1 is 0.658 bits per heavy atom. The van der Waals surface area contributed by atoms with Crippen LogP contribution in [0, 0.1) is 0 Å². The largest absolute Gasteiger partial charge is 0.309 e. The molecule has 0 N–H and O–H groups in total. The normalized spacial score (nSPS) is 13.7. The van der Waals surface area contributed by atoms with Crippen LogP contribution in [0.2, 0.25) is 0 Å². The highest BCUT2D eigenvalue weighted by atomic mass is 15.0. The molecule has 0 atom stereocenters. The van der Waals surface area contributed by atoms with Gasteiger partial charge in [-0.15, -0.1) is 0 Å². The number of para-hydroxylation sites is 1. The lowest BCUT2D eigenvalue weighted by atomic mass is 9.80.